The lowest BCUT2D eigenvalue weighted by Crippen LogP contribution is -2.52. The van der Waals surface area contributed by atoms with E-state index in [4.69, 9.17) is 0 Å². The van der Waals surface area contributed by atoms with Gasteiger partial charge in [-0.2, -0.15) is 0 Å². The molecule has 1 aliphatic rings. The van der Waals surface area contributed by atoms with Crippen molar-refractivity contribution in [2.24, 2.45) is 0 Å². The van der Waals surface area contributed by atoms with Gasteiger partial charge in [0.15, 0.2) is 5.82 Å². The van der Waals surface area contributed by atoms with Crippen LogP contribution < -0.4 is 4.90 Å². The highest BCUT2D eigenvalue weighted by Gasteiger charge is 2.26. The molecule has 29 heavy (non-hydrogen) atoms. The molecule has 154 valence electrons. The van der Waals surface area contributed by atoms with Gasteiger partial charge in [-0.15, -0.1) is 10.2 Å². The maximum absolute atomic E-state index is 12.7. The molecule has 0 bridgehead atoms. The van der Waals surface area contributed by atoms with Gasteiger partial charge in [0.25, 0.3) is 0 Å². The third-order valence-electron chi connectivity index (χ3n) is 5.23. The SMILES string of the molecule is CCC(=O)N(CC(=O)N1CCN(c2ccc(-c3ccccc3)nn2)CC1)C(C)C. The summed E-state index contributed by atoms with van der Waals surface area (Å²) in [5.41, 5.74) is 1.89. The van der Waals surface area contributed by atoms with E-state index >= 15 is 0 Å². The molecular formula is C22H29N5O2. The summed E-state index contributed by atoms with van der Waals surface area (Å²) in [6.07, 6.45) is 0.414. The van der Waals surface area contributed by atoms with E-state index in [1.54, 1.807) is 4.90 Å². The highest BCUT2D eigenvalue weighted by Crippen LogP contribution is 2.19. The fourth-order valence-electron chi connectivity index (χ4n) is 3.45. The Morgan fingerprint density at radius 2 is 1.69 bits per heavy atom. The predicted octanol–water partition coefficient (Wildman–Crippen LogP) is 2.44. The zero-order valence-corrected chi connectivity index (χ0v) is 17.4. The van der Waals surface area contributed by atoms with Crippen molar-refractivity contribution in [3.8, 4) is 11.3 Å². The smallest absolute Gasteiger partial charge is 0.242 e. The van der Waals surface area contributed by atoms with E-state index < -0.39 is 0 Å². The Hall–Kier alpha value is -2.96. The molecule has 1 aromatic carbocycles. The quantitative estimate of drug-likeness (QED) is 0.751. The van der Waals surface area contributed by atoms with E-state index in [0.717, 1.165) is 17.1 Å². The van der Waals surface area contributed by atoms with Gasteiger partial charge in [-0.05, 0) is 26.0 Å². The number of carbonyl (C=O) groups excluding carboxylic acids is 2. The van der Waals surface area contributed by atoms with Crippen LogP contribution in [0.5, 0.6) is 0 Å². The zero-order chi connectivity index (χ0) is 20.8. The lowest BCUT2D eigenvalue weighted by Gasteiger charge is -2.36. The number of aromatic nitrogens is 2. The topological polar surface area (TPSA) is 69.6 Å². The summed E-state index contributed by atoms with van der Waals surface area (Å²) in [5.74, 6) is 0.841. The van der Waals surface area contributed by atoms with Gasteiger partial charge >= 0.3 is 0 Å². The van der Waals surface area contributed by atoms with Crippen LogP contribution in [0.15, 0.2) is 42.5 Å². The second-order valence-corrected chi connectivity index (χ2v) is 7.48. The third-order valence-corrected chi connectivity index (χ3v) is 5.23. The monoisotopic (exact) mass is 395 g/mol. The van der Waals surface area contributed by atoms with Gasteiger partial charge in [0, 0.05) is 44.2 Å². The van der Waals surface area contributed by atoms with E-state index in [0.29, 0.717) is 32.6 Å². The molecule has 2 heterocycles. The van der Waals surface area contributed by atoms with Crippen molar-refractivity contribution in [2.45, 2.75) is 33.2 Å². The van der Waals surface area contributed by atoms with E-state index in [9.17, 15) is 9.59 Å². The summed E-state index contributed by atoms with van der Waals surface area (Å²) >= 11 is 0. The van der Waals surface area contributed by atoms with Crippen LogP contribution in [-0.4, -0.2) is 70.6 Å². The molecule has 1 aliphatic heterocycles. The average Bonchev–Trinajstić information content (AvgIpc) is 2.77. The van der Waals surface area contributed by atoms with Crippen LogP contribution in [0.3, 0.4) is 0 Å². The normalized spacial score (nSPS) is 14.2. The molecule has 0 N–H and O–H groups in total. The summed E-state index contributed by atoms with van der Waals surface area (Å²) < 4.78 is 0. The third kappa shape index (κ3) is 5.10. The highest BCUT2D eigenvalue weighted by atomic mass is 16.2. The number of anilines is 1. The van der Waals surface area contributed by atoms with Gasteiger partial charge in [0.2, 0.25) is 11.8 Å². The van der Waals surface area contributed by atoms with Crippen LogP contribution >= 0.6 is 0 Å². The van der Waals surface area contributed by atoms with Gasteiger partial charge in [-0.1, -0.05) is 37.3 Å². The Labute approximate surface area is 172 Å². The van der Waals surface area contributed by atoms with E-state index in [1.165, 1.54) is 0 Å². The van der Waals surface area contributed by atoms with Crippen molar-refractivity contribution < 1.29 is 9.59 Å². The zero-order valence-electron chi connectivity index (χ0n) is 17.4. The predicted molar refractivity (Wildman–Crippen MR) is 113 cm³/mol. The molecule has 0 spiro atoms. The summed E-state index contributed by atoms with van der Waals surface area (Å²) in [4.78, 5) is 30.4. The summed E-state index contributed by atoms with van der Waals surface area (Å²) in [5, 5.41) is 8.72. The fraction of sp³-hybridized carbons (Fsp3) is 0.455. The van der Waals surface area contributed by atoms with Gasteiger partial charge in [0.05, 0.1) is 12.2 Å². The van der Waals surface area contributed by atoms with Crippen molar-refractivity contribution in [1.82, 2.24) is 20.0 Å². The summed E-state index contributed by atoms with van der Waals surface area (Å²) in [7, 11) is 0. The number of rotatable bonds is 6. The molecule has 0 radical (unpaired) electrons. The molecule has 0 saturated carbocycles. The lowest BCUT2D eigenvalue weighted by molar-refractivity contribution is -0.142. The summed E-state index contributed by atoms with van der Waals surface area (Å²) in [6.45, 7) is 8.50. The van der Waals surface area contributed by atoms with Crippen LogP contribution in [0.2, 0.25) is 0 Å². The number of piperazine rings is 1. The van der Waals surface area contributed by atoms with Crippen molar-refractivity contribution >= 4 is 17.6 Å². The molecule has 7 nitrogen and oxygen atoms in total. The number of benzene rings is 1. The van der Waals surface area contributed by atoms with Gasteiger partial charge in [-0.3, -0.25) is 9.59 Å². The van der Waals surface area contributed by atoms with Crippen molar-refractivity contribution in [3.05, 3.63) is 42.5 Å². The molecular weight excluding hydrogens is 366 g/mol. The minimum absolute atomic E-state index is 0.00524. The standard InChI is InChI=1S/C22H29N5O2/c1-4-21(28)27(17(2)3)16-22(29)26-14-12-25(13-15-26)20-11-10-19(23-24-20)18-8-6-5-7-9-18/h5-11,17H,4,12-16H2,1-3H3. The number of hydrogen-bond donors (Lipinski definition) is 0. The van der Waals surface area contributed by atoms with Crippen LogP contribution in [0.4, 0.5) is 5.82 Å². The molecule has 0 unspecified atom stereocenters. The van der Waals surface area contributed by atoms with Gasteiger partial charge < -0.3 is 14.7 Å². The van der Waals surface area contributed by atoms with Crippen LogP contribution in [-0.2, 0) is 9.59 Å². The molecule has 0 aliphatic carbocycles. The Kier molecular flexibility index (Phi) is 6.80. The largest absolute Gasteiger partial charge is 0.352 e. The van der Waals surface area contributed by atoms with Crippen molar-refractivity contribution in [1.29, 1.82) is 0 Å². The van der Waals surface area contributed by atoms with Crippen LogP contribution in [0.1, 0.15) is 27.2 Å². The molecule has 0 atom stereocenters. The van der Waals surface area contributed by atoms with Gasteiger partial charge in [-0.25, -0.2) is 0 Å². The molecule has 7 heteroatoms. The highest BCUT2D eigenvalue weighted by molar-refractivity contribution is 5.85. The first kappa shape index (κ1) is 20.8. The number of hydrogen-bond acceptors (Lipinski definition) is 5. The Morgan fingerprint density at radius 1 is 1.00 bits per heavy atom. The van der Waals surface area contributed by atoms with E-state index in [2.05, 4.69) is 15.1 Å². The minimum Gasteiger partial charge on any atom is -0.352 e. The Balaban J connectivity index is 1.56. The van der Waals surface area contributed by atoms with Crippen LogP contribution in [0, 0.1) is 0 Å². The van der Waals surface area contributed by atoms with E-state index in [1.807, 2.05) is 68.1 Å². The molecule has 1 fully saturated rings. The molecule has 2 aromatic rings. The lowest BCUT2D eigenvalue weighted by atomic mass is 10.1. The van der Waals surface area contributed by atoms with E-state index in [-0.39, 0.29) is 24.4 Å². The second-order valence-electron chi connectivity index (χ2n) is 7.48. The molecule has 1 aromatic heterocycles. The maximum atomic E-state index is 12.7. The number of carbonyl (C=O) groups is 2. The molecule has 1 saturated heterocycles. The molecule has 3 rings (SSSR count). The van der Waals surface area contributed by atoms with Gasteiger partial charge in [0.1, 0.15) is 0 Å². The Morgan fingerprint density at radius 3 is 2.24 bits per heavy atom. The minimum atomic E-state index is 0.00524. The van der Waals surface area contributed by atoms with Crippen LogP contribution in [0.25, 0.3) is 11.3 Å². The van der Waals surface area contributed by atoms with Crippen molar-refractivity contribution in [3.63, 3.8) is 0 Å². The number of amides is 2. The molecule has 2 amide bonds. The average molecular weight is 396 g/mol. The van der Waals surface area contributed by atoms with Crippen molar-refractivity contribution in [2.75, 3.05) is 37.6 Å². The first-order valence-corrected chi connectivity index (χ1v) is 10.2. The first-order valence-electron chi connectivity index (χ1n) is 10.2. The second kappa shape index (κ2) is 9.49. The summed E-state index contributed by atoms with van der Waals surface area (Å²) in [6, 6.07) is 13.9. The Bertz CT molecular complexity index is 815. The first-order chi connectivity index (χ1) is 14.0. The fourth-order valence-corrected chi connectivity index (χ4v) is 3.45. The maximum Gasteiger partial charge on any atom is 0.242 e. The number of nitrogens with zero attached hydrogens (tertiary/aromatic N) is 5.